The zero-order valence-corrected chi connectivity index (χ0v) is 11.5. The maximum atomic E-state index is 11.5. The van der Waals surface area contributed by atoms with Gasteiger partial charge in [-0.2, -0.15) is 0 Å². The van der Waals surface area contributed by atoms with Gasteiger partial charge in [0.15, 0.2) is 5.78 Å². The lowest BCUT2D eigenvalue weighted by molar-refractivity contribution is 0.101. The molecule has 1 rings (SSSR count). The van der Waals surface area contributed by atoms with E-state index >= 15 is 0 Å². The lowest BCUT2D eigenvalue weighted by atomic mass is 10.0. The van der Waals surface area contributed by atoms with Gasteiger partial charge in [-0.25, -0.2) is 4.98 Å². The highest BCUT2D eigenvalue weighted by Gasteiger charge is 2.12. The van der Waals surface area contributed by atoms with Crippen molar-refractivity contribution in [3.63, 3.8) is 0 Å². The Balaban J connectivity index is 3.38. The third-order valence-corrected chi connectivity index (χ3v) is 2.56. The maximum absolute atomic E-state index is 11.5. The van der Waals surface area contributed by atoms with E-state index in [4.69, 9.17) is 16.3 Å². The number of halogens is 1. The van der Waals surface area contributed by atoms with E-state index in [1.807, 2.05) is 13.0 Å². The minimum absolute atomic E-state index is 0.133. The molecule has 0 spiro atoms. The van der Waals surface area contributed by atoms with Crippen molar-refractivity contribution in [1.29, 1.82) is 0 Å². The number of ketones is 1. The molecule has 0 aromatic carbocycles. The molecule has 1 aromatic rings. The number of methoxy groups -OCH3 is 1. The monoisotopic (exact) mass is 265 g/mol. The number of carbonyl (C=O) groups is 1. The summed E-state index contributed by atoms with van der Waals surface area (Å²) in [7, 11) is 1.63. The second-order valence-corrected chi connectivity index (χ2v) is 4.37. The number of hydrogen-bond donors (Lipinski definition) is 0. The highest BCUT2D eigenvalue weighted by Crippen LogP contribution is 2.22. The summed E-state index contributed by atoms with van der Waals surface area (Å²) in [6.07, 6.45) is 3.53. The maximum Gasteiger partial charge on any atom is 0.178 e. The van der Waals surface area contributed by atoms with Gasteiger partial charge in [0, 0.05) is 19.6 Å². The Morgan fingerprint density at radius 2 is 2.22 bits per heavy atom. The SMILES string of the molecule is C=Cc1c(/C=C(\C)COC)cc(Cl)nc1C(C)=O. The number of Topliss-reactive ketones (excluding diaryl/α,β-unsaturated/α-hetero) is 1. The molecule has 0 aliphatic rings. The summed E-state index contributed by atoms with van der Waals surface area (Å²) < 4.78 is 5.05. The minimum atomic E-state index is -0.133. The summed E-state index contributed by atoms with van der Waals surface area (Å²) in [6.45, 7) is 7.64. The number of pyridine rings is 1. The quantitative estimate of drug-likeness (QED) is 0.603. The number of aromatic nitrogens is 1. The fraction of sp³-hybridized carbons (Fsp3) is 0.286. The summed E-state index contributed by atoms with van der Waals surface area (Å²) in [5.41, 5.74) is 2.89. The second kappa shape index (κ2) is 6.47. The smallest absolute Gasteiger partial charge is 0.178 e. The molecule has 0 unspecified atom stereocenters. The van der Waals surface area contributed by atoms with Gasteiger partial charge in [0.05, 0.1) is 6.61 Å². The Morgan fingerprint density at radius 1 is 1.56 bits per heavy atom. The van der Waals surface area contributed by atoms with Gasteiger partial charge in [0.25, 0.3) is 0 Å². The van der Waals surface area contributed by atoms with E-state index in [0.29, 0.717) is 23.0 Å². The molecule has 4 heteroatoms. The molecule has 0 fully saturated rings. The van der Waals surface area contributed by atoms with Crippen LogP contribution in [0.4, 0.5) is 0 Å². The Labute approximate surface area is 112 Å². The highest BCUT2D eigenvalue weighted by molar-refractivity contribution is 6.29. The number of carbonyl (C=O) groups excluding carboxylic acids is 1. The molecular formula is C14H16ClNO2. The molecule has 1 aromatic heterocycles. The van der Waals surface area contributed by atoms with Crippen LogP contribution in [0.2, 0.25) is 5.15 Å². The molecule has 3 nitrogen and oxygen atoms in total. The molecule has 96 valence electrons. The molecule has 0 saturated heterocycles. The molecule has 0 radical (unpaired) electrons. The van der Waals surface area contributed by atoms with Gasteiger partial charge in [-0.15, -0.1) is 0 Å². The fourth-order valence-corrected chi connectivity index (χ4v) is 1.88. The summed E-state index contributed by atoms with van der Waals surface area (Å²) in [5, 5.41) is 0.294. The average molecular weight is 266 g/mol. The van der Waals surface area contributed by atoms with Crippen molar-refractivity contribution in [3.8, 4) is 0 Å². The molecule has 0 atom stereocenters. The highest BCUT2D eigenvalue weighted by atomic mass is 35.5. The first-order valence-corrected chi connectivity index (χ1v) is 5.87. The molecule has 0 bridgehead atoms. The van der Waals surface area contributed by atoms with E-state index in [0.717, 1.165) is 11.1 Å². The van der Waals surface area contributed by atoms with Gasteiger partial charge in [-0.1, -0.05) is 30.3 Å². The van der Waals surface area contributed by atoms with E-state index in [1.54, 1.807) is 19.3 Å². The lowest BCUT2D eigenvalue weighted by Gasteiger charge is -2.08. The van der Waals surface area contributed by atoms with E-state index in [-0.39, 0.29) is 5.78 Å². The van der Waals surface area contributed by atoms with Crippen LogP contribution < -0.4 is 0 Å². The second-order valence-electron chi connectivity index (χ2n) is 3.98. The van der Waals surface area contributed by atoms with Crippen LogP contribution in [0.3, 0.4) is 0 Å². The van der Waals surface area contributed by atoms with Crippen LogP contribution in [0.25, 0.3) is 12.2 Å². The Kier molecular flexibility index (Phi) is 5.25. The minimum Gasteiger partial charge on any atom is -0.380 e. The predicted molar refractivity (Wildman–Crippen MR) is 74.9 cm³/mol. The van der Waals surface area contributed by atoms with Crippen LogP contribution in [0, 0.1) is 0 Å². The van der Waals surface area contributed by atoms with E-state index in [9.17, 15) is 4.79 Å². The first kappa shape index (κ1) is 14.6. The fourth-order valence-electron chi connectivity index (χ4n) is 1.68. The van der Waals surface area contributed by atoms with E-state index < -0.39 is 0 Å². The van der Waals surface area contributed by atoms with Crippen LogP contribution >= 0.6 is 11.6 Å². The van der Waals surface area contributed by atoms with Gasteiger partial charge in [-0.3, -0.25) is 4.79 Å². The topological polar surface area (TPSA) is 39.2 Å². The molecule has 0 aliphatic heterocycles. The van der Waals surface area contributed by atoms with Crippen LogP contribution in [0.1, 0.15) is 35.5 Å². The van der Waals surface area contributed by atoms with Gasteiger partial charge < -0.3 is 4.74 Å². The molecule has 0 aliphatic carbocycles. The standard InChI is InChI=1S/C14H16ClNO2/c1-5-12-11(6-9(2)8-18-4)7-13(15)16-14(12)10(3)17/h5-7H,1,8H2,2-4H3/b9-6+. The van der Waals surface area contributed by atoms with Gasteiger partial charge in [0.2, 0.25) is 0 Å². The van der Waals surface area contributed by atoms with E-state index in [2.05, 4.69) is 11.6 Å². The molecular weight excluding hydrogens is 250 g/mol. The third kappa shape index (κ3) is 3.52. The van der Waals surface area contributed by atoms with Crippen LogP contribution in [0.15, 0.2) is 18.2 Å². The van der Waals surface area contributed by atoms with Gasteiger partial charge >= 0.3 is 0 Å². The normalized spacial score (nSPS) is 11.4. The Morgan fingerprint density at radius 3 is 2.72 bits per heavy atom. The molecule has 18 heavy (non-hydrogen) atoms. The zero-order valence-electron chi connectivity index (χ0n) is 10.8. The molecule has 1 heterocycles. The average Bonchev–Trinajstić information content (AvgIpc) is 2.28. The number of hydrogen-bond acceptors (Lipinski definition) is 3. The van der Waals surface area contributed by atoms with Gasteiger partial charge in [-0.05, 0) is 24.1 Å². The summed E-state index contributed by atoms with van der Waals surface area (Å²) in [4.78, 5) is 15.6. The van der Waals surface area contributed by atoms with Crippen LogP contribution in [-0.4, -0.2) is 24.5 Å². The van der Waals surface area contributed by atoms with Crippen molar-refractivity contribution < 1.29 is 9.53 Å². The third-order valence-electron chi connectivity index (χ3n) is 2.37. The van der Waals surface area contributed by atoms with Crippen molar-refractivity contribution in [2.24, 2.45) is 0 Å². The Hall–Kier alpha value is -1.45. The first-order valence-electron chi connectivity index (χ1n) is 5.49. The lowest BCUT2D eigenvalue weighted by Crippen LogP contribution is -2.03. The van der Waals surface area contributed by atoms with Crippen molar-refractivity contribution >= 4 is 29.5 Å². The molecule has 0 N–H and O–H groups in total. The van der Waals surface area contributed by atoms with Crippen molar-refractivity contribution in [1.82, 2.24) is 4.98 Å². The van der Waals surface area contributed by atoms with Crippen LogP contribution in [-0.2, 0) is 4.74 Å². The number of ether oxygens (including phenoxy) is 1. The van der Waals surface area contributed by atoms with Crippen molar-refractivity contribution in [2.45, 2.75) is 13.8 Å². The van der Waals surface area contributed by atoms with E-state index in [1.165, 1.54) is 6.92 Å². The van der Waals surface area contributed by atoms with Crippen molar-refractivity contribution in [2.75, 3.05) is 13.7 Å². The predicted octanol–water partition coefficient (Wildman–Crippen LogP) is 3.63. The summed E-state index contributed by atoms with van der Waals surface area (Å²) >= 11 is 5.93. The zero-order chi connectivity index (χ0) is 13.7. The van der Waals surface area contributed by atoms with Gasteiger partial charge in [0.1, 0.15) is 10.8 Å². The van der Waals surface area contributed by atoms with Crippen molar-refractivity contribution in [3.05, 3.63) is 40.2 Å². The Bertz CT molecular complexity index is 507. The number of nitrogens with zero attached hydrogens (tertiary/aromatic N) is 1. The number of rotatable bonds is 5. The molecule has 0 saturated carbocycles. The summed E-state index contributed by atoms with van der Waals surface area (Å²) in [5.74, 6) is -0.133. The summed E-state index contributed by atoms with van der Waals surface area (Å²) in [6, 6.07) is 1.71. The first-order chi connectivity index (χ1) is 8.49. The molecule has 0 amide bonds. The van der Waals surface area contributed by atoms with Crippen LogP contribution in [0.5, 0.6) is 0 Å². The largest absolute Gasteiger partial charge is 0.380 e.